The van der Waals surface area contributed by atoms with Gasteiger partial charge in [-0.15, -0.1) is 0 Å². The molecule has 0 aliphatic carbocycles. The standard InChI is InChI=1S/C3H8.2CO2/c1-3-2;2*2-1-3/h3H2,1-2H3;;. The molecule has 9 heavy (non-hydrogen) atoms. The molecule has 0 aromatic carbocycles. The quantitative estimate of drug-likeness (QED) is 0.473. The van der Waals surface area contributed by atoms with Crippen LogP contribution in [-0.4, -0.2) is 12.3 Å². The Kier molecular flexibility index (Phi) is 126. The van der Waals surface area contributed by atoms with Crippen molar-refractivity contribution >= 4 is 12.3 Å². The van der Waals surface area contributed by atoms with Gasteiger partial charge in [-0.2, -0.15) is 19.2 Å². The largest absolute Gasteiger partial charge is 0.373 e. The van der Waals surface area contributed by atoms with Gasteiger partial charge in [0.1, 0.15) is 0 Å². The van der Waals surface area contributed by atoms with Crippen LogP contribution in [0.2, 0.25) is 0 Å². The van der Waals surface area contributed by atoms with Crippen molar-refractivity contribution in [1.82, 2.24) is 0 Å². The summed E-state index contributed by atoms with van der Waals surface area (Å²) < 4.78 is 0. The van der Waals surface area contributed by atoms with Crippen molar-refractivity contribution in [3.8, 4) is 0 Å². The summed E-state index contributed by atoms with van der Waals surface area (Å²) in [4.78, 5) is 32.5. The molecule has 0 radical (unpaired) electrons. The van der Waals surface area contributed by atoms with E-state index in [1.54, 1.807) is 0 Å². The zero-order valence-corrected chi connectivity index (χ0v) is 5.34. The molecule has 0 saturated carbocycles. The Morgan fingerprint density at radius 2 is 0.889 bits per heavy atom. The van der Waals surface area contributed by atoms with Crippen LogP contribution in [0.1, 0.15) is 20.3 Å². The molecule has 0 heterocycles. The average molecular weight is 132 g/mol. The van der Waals surface area contributed by atoms with Gasteiger partial charge in [0.25, 0.3) is 0 Å². The Balaban J connectivity index is -0.0000000600. The SMILES string of the molecule is CCC.O=C=O.O=C=O. The summed E-state index contributed by atoms with van der Waals surface area (Å²) in [6, 6.07) is 0. The van der Waals surface area contributed by atoms with E-state index >= 15 is 0 Å². The third-order valence-electron chi connectivity index (χ3n) is 0. The van der Waals surface area contributed by atoms with Crippen LogP contribution in [-0.2, 0) is 19.2 Å². The molecule has 0 amide bonds. The highest BCUT2D eigenvalue weighted by molar-refractivity contribution is 5.20. The normalized spacial score (nSPS) is 3.78. The molecule has 0 saturated heterocycles. The van der Waals surface area contributed by atoms with E-state index in [-0.39, 0.29) is 12.3 Å². The van der Waals surface area contributed by atoms with Crippen molar-refractivity contribution < 1.29 is 19.2 Å². The van der Waals surface area contributed by atoms with E-state index in [9.17, 15) is 0 Å². The van der Waals surface area contributed by atoms with E-state index in [1.165, 1.54) is 6.42 Å². The molecular weight excluding hydrogens is 124 g/mol. The lowest BCUT2D eigenvalue weighted by atomic mass is 10.6. The number of rotatable bonds is 0. The Morgan fingerprint density at radius 3 is 0.889 bits per heavy atom. The van der Waals surface area contributed by atoms with Crippen molar-refractivity contribution in [1.29, 1.82) is 0 Å². The van der Waals surface area contributed by atoms with Gasteiger partial charge in [-0.1, -0.05) is 20.3 Å². The van der Waals surface area contributed by atoms with Crippen molar-refractivity contribution in [3.05, 3.63) is 0 Å². The van der Waals surface area contributed by atoms with Crippen LogP contribution >= 0.6 is 0 Å². The first-order chi connectivity index (χ1) is 4.24. The van der Waals surface area contributed by atoms with Gasteiger partial charge in [0.15, 0.2) is 0 Å². The van der Waals surface area contributed by atoms with Crippen LogP contribution in [0.3, 0.4) is 0 Å². The summed E-state index contributed by atoms with van der Waals surface area (Å²) in [5, 5.41) is 0. The predicted octanol–water partition coefficient (Wildman–Crippen LogP) is 0.249. The lowest BCUT2D eigenvalue weighted by Gasteiger charge is -1.48. The van der Waals surface area contributed by atoms with Gasteiger partial charge >= 0.3 is 12.3 Å². The van der Waals surface area contributed by atoms with E-state index in [0.717, 1.165) is 0 Å². The minimum atomic E-state index is 0.250. The molecule has 4 heteroatoms. The molecule has 0 bridgehead atoms. The summed E-state index contributed by atoms with van der Waals surface area (Å²) in [7, 11) is 0. The van der Waals surface area contributed by atoms with Crippen molar-refractivity contribution in [2.75, 3.05) is 0 Å². The van der Waals surface area contributed by atoms with Gasteiger partial charge in [-0.25, -0.2) is 0 Å². The summed E-state index contributed by atoms with van der Waals surface area (Å²) in [5.74, 6) is 0. The molecule has 0 aliphatic rings. The van der Waals surface area contributed by atoms with Crippen molar-refractivity contribution in [2.24, 2.45) is 0 Å². The number of hydrogen-bond acceptors (Lipinski definition) is 4. The third kappa shape index (κ3) is 99.6. The van der Waals surface area contributed by atoms with Crippen LogP contribution < -0.4 is 0 Å². The molecule has 0 spiro atoms. The van der Waals surface area contributed by atoms with Gasteiger partial charge in [-0.3, -0.25) is 0 Å². The Morgan fingerprint density at radius 1 is 0.889 bits per heavy atom. The van der Waals surface area contributed by atoms with E-state index in [4.69, 9.17) is 19.2 Å². The summed E-state index contributed by atoms with van der Waals surface area (Å²) >= 11 is 0. The highest BCUT2D eigenvalue weighted by atomic mass is 16.2. The van der Waals surface area contributed by atoms with Gasteiger partial charge in [-0.05, 0) is 0 Å². The molecule has 0 N–H and O–H groups in total. The molecular formula is C5H8O4. The minimum Gasteiger partial charge on any atom is -0.186 e. The Bertz CT molecular complexity index is 73.1. The van der Waals surface area contributed by atoms with E-state index in [1.807, 2.05) is 0 Å². The minimum absolute atomic E-state index is 0.250. The molecule has 0 aromatic heterocycles. The van der Waals surface area contributed by atoms with Crippen LogP contribution in [0.4, 0.5) is 0 Å². The third-order valence-corrected chi connectivity index (χ3v) is 0. The molecule has 0 fully saturated rings. The molecule has 0 rings (SSSR count). The maximum absolute atomic E-state index is 8.12. The molecule has 4 nitrogen and oxygen atoms in total. The smallest absolute Gasteiger partial charge is 0.186 e. The average Bonchev–Trinajstić information content (AvgIpc) is 1.70. The molecule has 0 unspecified atom stereocenters. The summed E-state index contributed by atoms with van der Waals surface area (Å²) in [6.07, 6.45) is 1.75. The van der Waals surface area contributed by atoms with E-state index in [0.29, 0.717) is 0 Å². The van der Waals surface area contributed by atoms with Crippen molar-refractivity contribution in [2.45, 2.75) is 20.3 Å². The molecule has 52 valence electrons. The van der Waals surface area contributed by atoms with Gasteiger partial charge in [0.2, 0.25) is 0 Å². The molecule has 0 aliphatic heterocycles. The number of hydrogen-bond donors (Lipinski definition) is 0. The first kappa shape index (κ1) is 15.7. The summed E-state index contributed by atoms with van der Waals surface area (Å²) in [6.45, 7) is 4.25. The van der Waals surface area contributed by atoms with E-state index < -0.39 is 0 Å². The second-order valence-corrected chi connectivity index (χ2v) is 0.874. The first-order valence-corrected chi connectivity index (χ1v) is 2.23. The fourth-order valence-corrected chi connectivity index (χ4v) is 0. The first-order valence-electron chi connectivity index (χ1n) is 2.23. The van der Waals surface area contributed by atoms with Crippen LogP contribution in [0, 0.1) is 0 Å². The van der Waals surface area contributed by atoms with Crippen molar-refractivity contribution in [3.63, 3.8) is 0 Å². The fraction of sp³-hybridized carbons (Fsp3) is 0.600. The van der Waals surface area contributed by atoms with Crippen LogP contribution in [0.5, 0.6) is 0 Å². The monoisotopic (exact) mass is 132 g/mol. The van der Waals surface area contributed by atoms with Gasteiger partial charge in [0, 0.05) is 0 Å². The van der Waals surface area contributed by atoms with E-state index in [2.05, 4.69) is 13.8 Å². The summed E-state index contributed by atoms with van der Waals surface area (Å²) in [5.41, 5.74) is 0. The zero-order valence-electron chi connectivity index (χ0n) is 5.34. The van der Waals surface area contributed by atoms with Gasteiger partial charge in [0.05, 0.1) is 0 Å². The maximum atomic E-state index is 8.12. The highest BCUT2D eigenvalue weighted by Crippen LogP contribution is 1.56. The lowest BCUT2D eigenvalue weighted by Crippen LogP contribution is -1.27. The van der Waals surface area contributed by atoms with Crippen LogP contribution in [0.25, 0.3) is 0 Å². The Labute approximate surface area is 52.9 Å². The second kappa shape index (κ2) is 72.4. The topological polar surface area (TPSA) is 68.3 Å². The fourth-order valence-electron chi connectivity index (χ4n) is 0. The highest BCUT2D eigenvalue weighted by Gasteiger charge is 1.35. The predicted molar refractivity (Wildman–Crippen MR) is 26.0 cm³/mol. The maximum Gasteiger partial charge on any atom is 0.373 e. The Hall–Kier alpha value is -1.24. The lowest BCUT2D eigenvalue weighted by molar-refractivity contribution is -0.193. The second-order valence-electron chi connectivity index (χ2n) is 0.874. The molecule has 0 atom stereocenters. The molecule has 0 aromatic rings. The van der Waals surface area contributed by atoms with Crippen LogP contribution in [0.15, 0.2) is 0 Å². The zero-order chi connectivity index (χ0) is 8.12. The number of carbonyl (C=O) groups excluding carboxylic acids is 4. The van der Waals surface area contributed by atoms with Gasteiger partial charge < -0.3 is 0 Å².